The van der Waals surface area contributed by atoms with Crippen molar-refractivity contribution in [3.8, 4) is 11.5 Å². The van der Waals surface area contributed by atoms with Gasteiger partial charge in [0.15, 0.2) is 0 Å². The number of benzene rings is 2. The van der Waals surface area contributed by atoms with Crippen molar-refractivity contribution in [3.63, 3.8) is 0 Å². The Labute approximate surface area is 99.3 Å². The standard InChI is InChI=1S/C13H10O2S/c14-13(16)10-6-8-12(9-7-10)15-11-4-2-1-3-5-11/h1-9H,(H,14,16). The smallest absolute Gasteiger partial charge is 0.216 e. The summed E-state index contributed by atoms with van der Waals surface area (Å²) in [4.78, 5) is 10.9. The predicted octanol–water partition coefficient (Wildman–Crippen LogP) is 3.55. The summed E-state index contributed by atoms with van der Waals surface area (Å²) in [7, 11) is 0. The van der Waals surface area contributed by atoms with E-state index >= 15 is 0 Å². The van der Waals surface area contributed by atoms with Crippen LogP contribution in [0.3, 0.4) is 0 Å². The highest BCUT2D eigenvalue weighted by molar-refractivity contribution is 7.97. The van der Waals surface area contributed by atoms with Gasteiger partial charge in [-0.1, -0.05) is 18.2 Å². The molecule has 0 radical (unpaired) electrons. The predicted molar refractivity (Wildman–Crippen MR) is 66.3 cm³/mol. The topological polar surface area (TPSA) is 26.3 Å². The quantitative estimate of drug-likeness (QED) is 0.816. The molecular formula is C13H10O2S. The molecule has 0 bridgehead atoms. The normalized spacial score (nSPS) is 9.81. The Balaban J connectivity index is 2.14. The van der Waals surface area contributed by atoms with Gasteiger partial charge in [0.25, 0.3) is 0 Å². The fourth-order valence-corrected chi connectivity index (χ4v) is 1.44. The van der Waals surface area contributed by atoms with Crippen LogP contribution in [0.5, 0.6) is 11.5 Å². The zero-order chi connectivity index (χ0) is 11.4. The Bertz CT molecular complexity index is 477. The van der Waals surface area contributed by atoms with Gasteiger partial charge in [0.2, 0.25) is 5.12 Å². The number of carbonyl (C=O) groups excluding carboxylic acids is 1. The minimum atomic E-state index is -0.244. The van der Waals surface area contributed by atoms with Crippen molar-refractivity contribution in [1.29, 1.82) is 0 Å². The number of para-hydroxylation sites is 1. The first kappa shape index (κ1) is 10.8. The average Bonchev–Trinajstić information content (AvgIpc) is 2.31. The minimum absolute atomic E-state index is 0.244. The maximum absolute atomic E-state index is 10.9. The number of hydrogen-bond donors (Lipinski definition) is 1. The highest BCUT2D eigenvalue weighted by Gasteiger charge is 2.00. The van der Waals surface area contributed by atoms with Gasteiger partial charge in [0.1, 0.15) is 11.5 Å². The monoisotopic (exact) mass is 230 g/mol. The molecule has 0 N–H and O–H groups in total. The van der Waals surface area contributed by atoms with Gasteiger partial charge in [0.05, 0.1) is 0 Å². The van der Waals surface area contributed by atoms with Crippen LogP contribution in [0.15, 0.2) is 54.6 Å². The molecule has 0 spiro atoms. The first-order valence-electron chi connectivity index (χ1n) is 4.82. The molecule has 0 aliphatic rings. The van der Waals surface area contributed by atoms with Crippen molar-refractivity contribution in [2.75, 3.05) is 0 Å². The molecule has 0 aromatic heterocycles. The van der Waals surface area contributed by atoms with E-state index in [1.54, 1.807) is 24.3 Å². The molecule has 0 heterocycles. The Hall–Kier alpha value is -1.74. The van der Waals surface area contributed by atoms with Crippen molar-refractivity contribution in [2.45, 2.75) is 0 Å². The lowest BCUT2D eigenvalue weighted by atomic mass is 10.2. The van der Waals surface area contributed by atoms with Gasteiger partial charge < -0.3 is 4.74 Å². The molecule has 0 saturated carbocycles. The second kappa shape index (κ2) is 4.86. The van der Waals surface area contributed by atoms with Gasteiger partial charge in [-0.15, -0.1) is 12.6 Å². The Morgan fingerprint density at radius 3 is 2.00 bits per heavy atom. The zero-order valence-corrected chi connectivity index (χ0v) is 9.35. The first-order valence-corrected chi connectivity index (χ1v) is 5.27. The molecule has 80 valence electrons. The molecule has 0 aliphatic carbocycles. The second-order valence-electron chi connectivity index (χ2n) is 3.24. The fraction of sp³-hybridized carbons (Fsp3) is 0. The molecule has 2 nitrogen and oxygen atoms in total. The van der Waals surface area contributed by atoms with Crippen LogP contribution in [-0.2, 0) is 0 Å². The minimum Gasteiger partial charge on any atom is -0.457 e. The molecule has 0 aliphatic heterocycles. The number of hydrogen-bond acceptors (Lipinski definition) is 2. The summed E-state index contributed by atoms with van der Waals surface area (Å²) in [5.41, 5.74) is 0.559. The van der Waals surface area contributed by atoms with Crippen LogP contribution >= 0.6 is 12.6 Å². The van der Waals surface area contributed by atoms with Crippen LogP contribution in [0.4, 0.5) is 0 Å². The highest BCUT2D eigenvalue weighted by atomic mass is 32.1. The van der Waals surface area contributed by atoms with Crippen LogP contribution in [-0.4, -0.2) is 5.12 Å². The van der Waals surface area contributed by atoms with E-state index in [0.717, 1.165) is 5.75 Å². The third-order valence-electron chi connectivity index (χ3n) is 2.08. The molecule has 2 aromatic rings. The average molecular weight is 230 g/mol. The Kier molecular flexibility index (Phi) is 3.27. The molecule has 2 rings (SSSR count). The number of thiol groups is 1. The van der Waals surface area contributed by atoms with Crippen molar-refractivity contribution in [2.24, 2.45) is 0 Å². The largest absolute Gasteiger partial charge is 0.457 e. The van der Waals surface area contributed by atoms with Crippen LogP contribution < -0.4 is 4.74 Å². The lowest BCUT2D eigenvalue weighted by molar-refractivity contribution is 0.109. The SMILES string of the molecule is O=C(S)c1ccc(Oc2ccccc2)cc1. The second-order valence-corrected chi connectivity index (χ2v) is 3.65. The first-order chi connectivity index (χ1) is 7.75. The van der Waals surface area contributed by atoms with Gasteiger partial charge in [-0.3, -0.25) is 4.79 Å². The van der Waals surface area contributed by atoms with Crippen molar-refractivity contribution < 1.29 is 9.53 Å². The molecule has 2 aromatic carbocycles. The molecule has 0 unspecified atom stereocenters. The maximum atomic E-state index is 10.9. The summed E-state index contributed by atoms with van der Waals surface area (Å²) in [6.45, 7) is 0. The molecular weight excluding hydrogens is 220 g/mol. The van der Waals surface area contributed by atoms with Gasteiger partial charge in [0, 0.05) is 5.56 Å². The van der Waals surface area contributed by atoms with E-state index in [-0.39, 0.29) is 5.12 Å². The molecule has 16 heavy (non-hydrogen) atoms. The number of rotatable bonds is 3. The highest BCUT2D eigenvalue weighted by Crippen LogP contribution is 2.21. The molecule has 0 fully saturated rings. The number of carbonyl (C=O) groups is 1. The summed E-state index contributed by atoms with van der Waals surface area (Å²) in [5, 5.41) is -0.244. The van der Waals surface area contributed by atoms with E-state index in [1.165, 1.54) is 0 Å². The number of ether oxygens (including phenoxy) is 1. The van der Waals surface area contributed by atoms with Gasteiger partial charge in [-0.2, -0.15) is 0 Å². The molecule has 0 amide bonds. The molecule has 3 heteroatoms. The van der Waals surface area contributed by atoms with Crippen molar-refractivity contribution in [3.05, 3.63) is 60.2 Å². The van der Waals surface area contributed by atoms with Crippen LogP contribution in [0.1, 0.15) is 10.4 Å². The maximum Gasteiger partial charge on any atom is 0.216 e. The summed E-state index contributed by atoms with van der Waals surface area (Å²) in [6.07, 6.45) is 0. The Morgan fingerprint density at radius 2 is 1.44 bits per heavy atom. The third-order valence-corrected chi connectivity index (χ3v) is 2.34. The zero-order valence-electron chi connectivity index (χ0n) is 8.46. The van der Waals surface area contributed by atoms with Crippen molar-refractivity contribution in [1.82, 2.24) is 0 Å². The van der Waals surface area contributed by atoms with E-state index in [9.17, 15) is 4.79 Å². The van der Waals surface area contributed by atoms with E-state index in [4.69, 9.17) is 4.74 Å². The summed E-state index contributed by atoms with van der Waals surface area (Å²) < 4.78 is 5.58. The summed E-state index contributed by atoms with van der Waals surface area (Å²) >= 11 is 3.74. The van der Waals surface area contributed by atoms with Crippen molar-refractivity contribution >= 4 is 17.7 Å². The Morgan fingerprint density at radius 1 is 0.875 bits per heavy atom. The van der Waals surface area contributed by atoms with Crippen LogP contribution in [0, 0.1) is 0 Å². The third kappa shape index (κ3) is 2.64. The van der Waals surface area contributed by atoms with E-state index in [2.05, 4.69) is 12.6 Å². The fourth-order valence-electron chi connectivity index (χ4n) is 1.29. The van der Waals surface area contributed by atoms with Crippen LogP contribution in [0.2, 0.25) is 0 Å². The van der Waals surface area contributed by atoms with Gasteiger partial charge >= 0.3 is 0 Å². The molecule has 0 atom stereocenters. The molecule has 0 saturated heterocycles. The summed E-state index contributed by atoms with van der Waals surface area (Å²) in [5.74, 6) is 1.47. The van der Waals surface area contributed by atoms with Gasteiger partial charge in [-0.05, 0) is 36.4 Å². The summed E-state index contributed by atoms with van der Waals surface area (Å²) in [6, 6.07) is 16.3. The lowest BCUT2D eigenvalue weighted by Gasteiger charge is -2.05. The van der Waals surface area contributed by atoms with E-state index < -0.39 is 0 Å². The van der Waals surface area contributed by atoms with Gasteiger partial charge in [-0.25, -0.2) is 0 Å². The van der Waals surface area contributed by atoms with E-state index in [1.807, 2.05) is 30.3 Å². The van der Waals surface area contributed by atoms with Crippen LogP contribution in [0.25, 0.3) is 0 Å². The lowest BCUT2D eigenvalue weighted by Crippen LogP contribution is -1.89. The van der Waals surface area contributed by atoms with E-state index in [0.29, 0.717) is 11.3 Å².